The Labute approximate surface area is 54.9 Å². The molecule has 0 aliphatic heterocycles. The van der Waals surface area contributed by atoms with Crippen LogP contribution >= 0.6 is 0 Å². The second-order valence-electron chi connectivity index (χ2n) is 3.04. The maximum absolute atomic E-state index is 12.7. The highest BCUT2D eigenvalue weighted by molar-refractivity contribution is 4.85. The molecule has 9 heavy (non-hydrogen) atoms. The van der Waals surface area contributed by atoms with Crippen LogP contribution in [0, 0.1) is 11.8 Å². The number of alkyl halides is 1. The zero-order valence-corrected chi connectivity index (χ0v) is 5.84. The van der Waals surface area contributed by atoms with Crippen LogP contribution in [0.5, 0.6) is 0 Å². The molecule has 2 heteroatoms. The van der Waals surface area contributed by atoms with Crippen LogP contribution in [0.25, 0.3) is 0 Å². The summed E-state index contributed by atoms with van der Waals surface area (Å²) < 4.78 is 12.7. The van der Waals surface area contributed by atoms with E-state index in [1.807, 2.05) is 13.8 Å². The highest BCUT2D eigenvalue weighted by Gasteiger charge is 2.36. The molecule has 1 N–H and O–H groups in total. The Hall–Kier alpha value is -0.110. The lowest BCUT2D eigenvalue weighted by Gasteiger charge is -2.11. The molecule has 1 aliphatic rings. The zero-order chi connectivity index (χ0) is 7.02. The van der Waals surface area contributed by atoms with Crippen LogP contribution in [0.2, 0.25) is 0 Å². The average Bonchev–Trinajstić information content (AvgIpc) is 1.98. The monoisotopic (exact) mass is 132 g/mol. The minimum atomic E-state index is -0.782. The van der Waals surface area contributed by atoms with Crippen molar-refractivity contribution in [2.24, 2.45) is 11.8 Å². The predicted octanol–water partition coefficient (Wildman–Crippen LogP) is 1.36. The van der Waals surface area contributed by atoms with Crippen molar-refractivity contribution in [3.05, 3.63) is 0 Å². The molecule has 0 aromatic heterocycles. The van der Waals surface area contributed by atoms with Crippen LogP contribution in [0.1, 0.15) is 20.3 Å². The molecule has 1 rings (SSSR count). The Kier molecular flexibility index (Phi) is 1.75. The Morgan fingerprint density at radius 1 is 1.33 bits per heavy atom. The summed E-state index contributed by atoms with van der Waals surface area (Å²) in [5, 5.41) is 9.10. The molecular formula is C7H13FO. The molecule has 0 radical (unpaired) electrons. The summed E-state index contributed by atoms with van der Waals surface area (Å²) in [6.07, 6.45) is -0.854. The number of aliphatic hydroxyl groups is 1. The van der Waals surface area contributed by atoms with Crippen molar-refractivity contribution in [3.8, 4) is 0 Å². The standard InChI is InChI=1S/C7H13FO/c1-4-5(2)7(9)3-6(4)8/h4-7,9H,3H2,1-2H3/t4?,5?,6-,7+/m1/s1. The Balaban J connectivity index is 2.54. The molecule has 1 aliphatic carbocycles. The minimum absolute atomic E-state index is 0.0417. The van der Waals surface area contributed by atoms with E-state index >= 15 is 0 Å². The van der Waals surface area contributed by atoms with Gasteiger partial charge in [-0.1, -0.05) is 13.8 Å². The van der Waals surface area contributed by atoms with Gasteiger partial charge in [0.05, 0.1) is 6.10 Å². The van der Waals surface area contributed by atoms with Crippen molar-refractivity contribution >= 4 is 0 Å². The molecule has 0 aromatic carbocycles. The summed E-state index contributed by atoms with van der Waals surface area (Å²) in [6.45, 7) is 3.75. The van der Waals surface area contributed by atoms with Gasteiger partial charge in [-0.25, -0.2) is 4.39 Å². The number of aliphatic hydroxyl groups excluding tert-OH is 1. The average molecular weight is 132 g/mol. The van der Waals surface area contributed by atoms with Crippen LogP contribution in [0.3, 0.4) is 0 Å². The Morgan fingerprint density at radius 2 is 1.89 bits per heavy atom. The van der Waals surface area contributed by atoms with E-state index in [0.717, 1.165) is 0 Å². The van der Waals surface area contributed by atoms with Gasteiger partial charge in [-0.3, -0.25) is 0 Å². The second-order valence-corrected chi connectivity index (χ2v) is 3.04. The molecule has 0 spiro atoms. The van der Waals surface area contributed by atoms with Crippen molar-refractivity contribution < 1.29 is 9.50 Å². The molecular weight excluding hydrogens is 119 g/mol. The lowest BCUT2D eigenvalue weighted by molar-refractivity contribution is 0.130. The normalized spacial score (nSPS) is 52.0. The number of hydrogen-bond acceptors (Lipinski definition) is 1. The van der Waals surface area contributed by atoms with Gasteiger partial charge in [0.2, 0.25) is 0 Å². The molecule has 1 nitrogen and oxygen atoms in total. The fraction of sp³-hybridized carbons (Fsp3) is 1.00. The van der Waals surface area contributed by atoms with Gasteiger partial charge in [-0.05, 0) is 11.8 Å². The molecule has 1 fully saturated rings. The van der Waals surface area contributed by atoms with Gasteiger partial charge in [0, 0.05) is 6.42 Å². The third-order valence-electron chi connectivity index (χ3n) is 2.47. The predicted molar refractivity (Wildman–Crippen MR) is 33.8 cm³/mol. The summed E-state index contributed by atoms with van der Waals surface area (Å²) in [6, 6.07) is 0. The molecule has 0 bridgehead atoms. The quantitative estimate of drug-likeness (QED) is 0.527. The lowest BCUT2D eigenvalue weighted by Crippen LogP contribution is -2.13. The molecule has 2 unspecified atom stereocenters. The van der Waals surface area contributed by atoms with Crippen LogP contribution in [0.4, 0.5) is 4.39 Å². The van der Waals surface area contributed by atoms with E-state index in [9.17, 15) is 4.39 Å². The first-order chi connectivity index (χ1) is 4.13. The van der Waals surface area contributed by atoms with Gasteiger partial charge < -0.3 is 5.11 Å². The van der Waals surface area contributed by atoms with E-state index in [-0.39, 0.29) is 11.8 Å². The summed E-state index contributed by atoms with van der Waals surface area (Å²) in [5.41, 5.74) is 0. The Morgan fingerprint density at radius 3 is 2.00 bits per heavy atom. The van der Waals surface area contributed by atoms with E-state index in [0.29, 0.717) is 6.42 Å². The van der Waals surface area contributed by atoms with Gasteiger partial charge in [0.25, 0.3) is 0 Å². The van der Waals surface area contributed by atoms with Crippen molar-refractivity contribution in [2.75, 3.05) is 0 Å². The van der Waals surface area contributed by atoms with Crippen molar-refractivity contribution in [1.29, 1.82) is 0 Å². The second kappa shape index (κ2) is 2.25. The van der Waals surface area contributed by atoms with Gasteiger partial charge in [-0.15, -0.1) is 0 Å². The molecule has 1 saturated carbocycles. The number of hydrogen-bond donors (Lipinski definition) is 1. The van der Waals surface area contributed by atoms with E-state index < -0.39 is 12.3 Å². The van der Waals surface area contributed by atoms with E-state index in [4.69, 9.17) is 5.11 Å². The SMILES string of the molecule is CC1C(C)[C@@H](O)C[C@H]1F. The smallest absolute Gasteiger partial charge is 0.105 e. The molecule has 0 aromatic rings. The maximum atomic E-state index is 12.7. The fourth-order valence-electron chi connectivity index (χ4n) is 1.34. The van der Waals surface area contributed by atoms with Crippen LogP contribution in [-0.2, 0) is 0 Å². The third-order valence-corrected chi connectivity index (χ3v) is 2.47. The topological polar surface area (TPSA) is 20.2 Å². The highest BCUT2D eigenvalue weighted by atomic mass is 19.1. The van der Waals surface area contributed by atoms with Crippen LogP contribution < -0.4 is 0 Å². The third kappa shape index (κ3) is 1.08. The van der Waals surface area contributed by atoms with E-state index in [1.165, 1.54) is 0 Å². The zero-order valence-electron chi connectivity index (χ0n) is 5.84. The molecule has 0 heterocycles. The van der Waals surface area contributed by atoms with Crippen LogP contribution in [0.15, 0.2) is 0 Å². The lowest BCUT2D eigenvalue weighted by atomic mass is 9.99. The summed E-state index contributed by atoms with van der Waals surface area (Å²) in [4.78, 5) is 0. The maximum Gasteiger partial charge on any atom is 0.105 e. The van der Waals surface area contributed by atoms with E-state index in [2.05, 4.69) is 0 Å². The molecule has 0 amide bonds. The summed E-state index contributed by atoms with van der Waals surface area (Å²) in [7, 11) is 0. The van der Waals surface area contributed by atoms with Crippen molar-refractivity contribution in [1.82, 2.24) is 0 Å². The van der Waals surface area contributed by atoms with Crippen LogP contribution in [-0.4, -0.2) is 17.4 Å². The summed E-state index contributed by atoms with van der Waals surface area (Å²) >= 11 is 0. The van der Waals surface area contributed by atoms with Gasteiger partial charge in [-0.2, -0.15) is 0 Å². The Bertz CT molecular complexity index is 93.1. The van der Waals surface area contributed by atoms with Crippen molar-refractivity contribution in [2.45, 2.75) is 32.5 Å². The van der Waals surface area contributed by atoms with Gasteiger partial charge in [0.15, 0.2) is 0 Å². The van der Waals surface area contributed by atoms with Gasteiger partial charge in [0.1, 0.15) is 6.17 Å². The minimum Gasteiger partial charge on any atom is -0.393 e. The van der Waals surface area contributed by atoms with Crippen molar-refractivity contribution in [3.63, 3.8) is 0 Å². The number of rotatable bonds is 0. The highest BCUT2D eigenvalue weighted by Crippen LogP contribution is 2.33. The van der Waals surface area contributed by atoms with Gasteiger partial charge >= 0.3 is 0 Å². The summed E-state index contributed by atoms with van der Waals surface area (Å²) in [5.74, 6) is 0.181. The largest absolute Gasteiger partial charge is 0.393 e. The molecule has 0 saturated heterocycles. The first-order valence-electron chi connectivity index (χ1n) is 3.45. The molecule has 4 atom stereocenters. The fourth-order valence-corrected chi connectivity index (χ4v) is 1.34. The first kappa shape index (κ1) is 7.00. The number of halogens is 1. The van der Waals surface area contributed by atoms with E-state index in [1.54, 1.807) is 0 Å². The first-order valence-corrected chi connectivity index (χ1v) is 3.45. The molecule has 54 valence electrons.